The predicted molar refractivity (Wildman–Crippen MR) is 104 cm³/mol. The largest absolute Gasteiger partial charge is 0.491 e. The maximum atomic E-state index is 12.4. The molecule has 0 aliphatic rings. The first kappa shape index (κ1) is 21.2. The van der Waals surface area contributed by atoms with Crippen LogP contribution in [0.5, 0.6) is 5.75 Å². The van der Waals surface area contributed by atoms with Crippen molar-refractivity contribution in [3.63, 3.8) is 0 Å². The molecule has 0 aliphatic heterocycles. The third kappa shape index (κ3) is 6.27. The van der Waals surface area contributed by atoms with Gasteiger partial charge in [0, 0.05) is 12.3 Å². The molecule has 0 saturated carbocycles. The van der Waals surface area contributed by atoms with Gasteiger partial charge in [0.1, 0.15) is 18.5 Å². The molecule has 28 heavy (non-hydrogen) atoms. The third-order valence-corrected chi connectivity index (χ3v) is 4.16. The van der Waals surface area contributed by atoms with E-state index in [4.69, 9.17) is 19.8 Å². The van der Waals surface area contributed by atoms with Gasteiger partial charge in [-0.15, -0.1) is 0 Å². The van der Waals surface area contributed by atoms with Crippen molar-refractivity contribution in [2.45, 2.75) is 19.4 Å². The standard InChI is InChI=1S/C21H24N2O5/c1-15(10-11-24)20(17-4-8-19(9-5-17)27-13-12-25)28-21(26)23-18-6-2-16(14-22)3-7-18/h2-9,15,20,24-25H,10-13H2,1H3,(H,23,26)/t15-,20+/m0/s1. The van der Waals surface area contributed by atoms with Crippen LogP contribution >= 0.6 is 0 Å². The molecule has 3 N–H and O–H groups in total. The van der Waals surface area contributed by atoms with Gasteiger partial charge in [0.25, 0.3) is 0 Å². The highest BCUT2D eigenvalue weighted by Gasteiger charge is 2.23. The van der Waals surface area contributed by atoms with Crippen molar-refractivity contribution in [2.75, 3.05) is 25.1 Å². The van der Waals surface area contributed by atoms with Crippen molar-refractivity contribution in [1.82, 2.24) is 0 Å². The van der Waals surface area contributed by atoms with E-state index >= 15 is 0 Å². The number of ether oxygens (including phenoxy) is 2. The van der Waals surface area contributed by atoms with Gasteiger partial charge < -0.3 is 19.7 Å². The predicted octanol–water partition coefficient (Wildman–Crippen LogP) is 3.24. The molecule has 7 heteroatoms. The Morgan fingerprint density at radius 2 is 1.79 bits per heavy atom. The fourth-order valence-electron chi connectivity index (χ4n) is 2.68. The number of carbonyl (C=O) groups excluding carboxylic acids is 1. The van der Waals surface area contributed by atoms with Crippen molar-refractivity contribution in [2.24, 2.45) is 5.92 Å². The maximum Gasteiger partial charge on any atom is 0.412 e. The number of nitriles is 1. The first-order chi connectivity index (χ1) is 13.6. The van der Waals surface area contributed by atoms with E-state index in [1.807, 2.05) is 13.0 Å². The number of rotatable bonds is 9. The van der Waals surface area contributed by atoms with Crippen molar-refractivity contribution in [1.29, 1.82) is 5.26 Å². The highest BCUT2D eigenvalue weighted by molar-refractivity contribution is 5.84. The number of amides is 1. The first-order valence-electron chi connectivity index (χ1n) is 8.99. The van der Waals surface area contributed by atoms with E-state index in [1.165, 1.54) is 0 Å². The van der Waals surface area contributed by atoms with Crippen LogP contribution in [0.4, 0.5) is 10.5 Å². The van der Waals surface area contributed by atoms with Crippen LogP contribution < -0.4 is 10.1 Å². The molecular weight excluding hydrogens is 360 g/mol. The van der Waals surface area contributed by atoms with Crippen LogP contribution in [-0.2, 0) is 4.74 Å². The zero-order valence-corrected chi connectivity index (χ0v) is 15.7. The highest BCUT2D eigenvalue weighted by atomic mass is 16.6. The summed E-state index contributed by atoms with van der Waals surface area (Å²) in [4.78, 5) is 12.4. The van der Waals surface area contributed by atoms with Gasteiger partial charge in [-0.05, 0) is 54.3 Å². The molecule has 2 aromatic carbocycles. The molecule has 0 aromatic heterocycles. The molecule has 1 amide bonds. The second kappa shape index (κ2) is 10.9. The summed E-state index contributed by atoms with van der Waals surface area (Å²) >= 11 is 0. The minimum atomic E-state index is -0.625. The smallest absolute Gasteiger partial charge is 0.412 e. The summed E-state index contributed by atoms with van der Waals surface area (Å²) in [6.07, 6.45) is -0.713. The summed E-state index contributed by atoms with van der Waals surface area (Å²) in [5.74, 6) is 0.495. The number of hydrogen-bond acceptors (Lipinski definition) is 6. The van der Waals surface area contributed by atoms with Gasteiger partial charge >= 0.3 is 6.09 Å². The van der Waals surface area contributed by atoms with Gasteiger partial charge in [-0.1, -0.05) is 19.1 Å². The number of aliphatic hydroxyl groups excluding tert-OH is 2. The molecule has 0 unspecified atom stereocenters. The first-order valence-corrected chi connectivity index (χ1v) is 8.99. The fraction of sp³-hybridized carbons (Fsp3) is 0.333. The van der Waals surface area contributed by atoms with Crippen LogP contribution in [0.3, 0.4) is 0 Å². The van der Waals surface area contributed by atoms with Gasteiger partial charge in [0.05, 0.1) is 18.2 Å². The van der Waals surface area contributed by atoms with Crippen molar-refractivity contribution >= 4 is 11.8 Å². The Labute approximate surface area is 164 Å². The van der Waals surface area contributed by atoms with Gasteiger partial charge in [0.15, 0.2) is 0 Å². The molecule has 2 rings (SSSR count). The molecule has 2 atom stereocenters. The number of aliphatic hydroxyl groups is 2. The molecule has 0 saturated heterocycles. The number of benzene rings is 2. The maximum absolute atomic E-state index is 12.4. The normalized spacial score (nSPS) is 12.5. The Bertz CT molecular complexity index is 784. The minimum absolute atomic E-state index is 0.0179. The molecule has 7 nitrogen and oxygen atoms in total. The van der Waals surface area contributed by atoms with E-state index in [0.29, 0.717) is 23.4 Å². The van der Waals surface area contributed by atoms with Crippen molar-refractivity contribution in [3.8, 4) is 11.8 Å². The fourth-order valence-corrected chi connectivity index (χ4v) is 2.68. The zero-order chi connectivity index (χ0) is 20.4. The van der Waals surface area contributed by atoms with E-state index in [9.17, 15) is 9.90 Å². The van der Waals surface area contributed by atoms with Crippen LogP contribution in [0.1, 0.15) is 30.6 Å². The molecule has 2 aromatic rings. The SMILES string of the molecule is C[C@@H](CCO)[C@@H](OC(=O)Nc1ccc(C#N)cc1)c1ccc(OCCO)cc1. The van der Waals surface area contributed by atoms with Gasteiger partial charge in [-0.2, -0.15) is 5.26 Å². The van der Waals surface area contributed by atoms with Crippen LogP contribution in [0.2, 0.25) is 0 Å². The van der Waals surface area contributed by atoms with Crippen LogP contribution in [0.15, 0.2) is 48.5 Å². The molecule has 0 bridgehead atoms. The summed E-state index contributed by atoms with van der Waals surface area (Å²) in [6, 6.07) is 15.5. The molecule has 0 radical (unpaired) electrons. The van der Waals surface area contributed by atoms with Gasteiger partial charge in [-0.25, -0.2) is 4.79 Å². The van der Waals surface area contributed by atoms with Crippen LogP contribution in [0, 0.1) is 17.2 Å². The summed E-state index contributed by atoms with van der Waals surface area (Å²) in [6.45, 7) is 2.01. The lowest BCUT2D eigenvalue weighted by molar-refractivity contribution is 0.0667. The lowest BCUT2D eigenvalue weighted by atomic mass is 9.94. The quantitative estimate of drug-likeness (QED) is 0.612. The monoisotopic (exact) mass is 384 g/mol. The Morgan fingerprint density at radius 3 is 2.36 bits per heavy atom. The van der Waals surface area contributed by atoms with Crippen LogP contribution in [0.25, 0.3) is 0 Å². The summed E-state index contributed by atoms with van der Waals surface area (Å²) in [5.41, 5.74) is 1.79. The van der Waals surface area contributed by atoms with E-state index < -0.39 is 12.2 Å². The number of anilines is 1. The molecule has 0 heterocycles. The second-order valence-electron chi connectivity index (χ2n) is 6.27. The van der Waals surface area contributed by atoms with Crippen LogP contribution in [-0.4, -0.2) is 36.1 Å². The molecule has 148 valence electrons. The lowest BCUT2D eigenvalue weighted by Gasteiger charge is -2.24. The van der Waals surface area contributed by atoms with E-state index in [2.05, 4.69) is 5.32 Å². The Morgan fingerprint density at radius 1 is 1.11 bits per heavy atom. The van der Waals surface area contributed by atoms with Crippen molar-refractivity contribution < 1.29 is 24.5 Å². The average molecular weight is 384 g/mol. The summed E-state index contributed by atoms with van der Waals surface area (Å²) in [5, 5.41) is 29.6. The Kier molecular flexibility index (Phi) is 8.28. The number of hydrogen-bond donors (Lipinski definition) is 3. The van der Waals surface area contributed by atoms with Crippen molar-refractivity contribution in [3.05, 3.63) is 59.7 Å². The molecule has 0 spiro atoms. The second-order valence-corrected chi connectivity index (χ2v) is 6.27. The van der Waals surface area contributed by atoms with E-state index in [1.54, 1.807) is 48.5 Å². The minimum Gasteiger partial charge on any atom is -0.491 e. The highest BCUT2D eigenvalue weighted by Crippen LogP contribution is 2.30. The average Bonchev–Trinajstić information content (AvgIpc) is 2.71. The topological polar surface area (TPSA) is 112 Å². The third-order valence-electron chi connectivity index (χ3n) is 4.16. The summed E-state index contributed by atoms with van der Waals surface area (Å²) in [7, 11) is 0. The Hall–Kier alpha value is -3.08. The van der Waals surface area contributed by atoms with Gasteiger partial charge in [0.2, 0.25) is 0 Å². The van der Waals surface area contributed by atoms with Gasteiger partial charge in [-0.3, -0.25) is 5.32 Å². The van der Waals surface area contributed by atoms with E-state index in [0.717, 1.165) is 5.56 Å². The molecular formula is C21H24N2O5. The number of nitrogens with zero attached hydrogens (tertiary/aromatic N) is 1. The lowest BCUT2D eigenvalue weighted by Crippen LogP contribution is -2.22. The summed E-state index contributed by atoms with van der Waals surface area (Å²) < 4.78 is 11.0. The molecule has 0 fully saturated rings. The zero-order valence-electron chi connectivity index (χ0n) is 15.7. The molecule has 0 aliphatic carbocycles. The number of nitrogens with one attached hydrogen (secondary N) is 1. The Balaban J connectivity index is 2.09. The van der Waals surface area contributed by atoms with E-state index in [-0.39, 0.29) is 25.7 Å². The number of carbonyl (C=O) groups is 1.